The van der Waals surface area contributed by atoms with E-state index in [1.807, 2.05) is 0 Å². The van der Waals surface area contributed by atoms with E-state index in [-0.39, 0.29) is 0 Å². The van der Waals surface area contributed by atoms with Gasteiger partial charge in [0.25, 0.3) is 0 Å². The molecule has 1 aliphatic heterocycles. The number of hydrogen-bond acceptors (Lipinski definition) is 7. The van der Waals surface area contributed by atoms with Crippen molar-refractivity contribution in [2.75, 3.05) is 65.6 Å². The van der Waals surface area contributed by atoms with E-state index in [0.717, 1.165) is 39.3 Å². The van der Waals surface area contributed by atoms with Crippen LogP contribution in [0.1, 0.15) is 0 Å². The Bertz CT molecular complexity index is 400. The molecule has 112 valence electrons. The van der Waals surface area contributed by atoms with Crippen molar-refractivity contribution in [1.82, 2.24) is 14.9 Å². The number of hydrogen-bond donors (Lipinski definition) is 0. The molecular weight excluding hydrogens is 260 g/mol. The van der Waals surface area contributed by atoms with E-state index in [2.05, 4.69) is 19.8 Å². The van der Waals surface area contributed by atoms with E-state index in [4.69, 9.17) is 14.2 Å². The van der Waals surface area contributed by atoms with Crippen molar-refractivity contribution >= 4 is 5.95 Å². The molecule has 1 fully saturated rings. The molecule has 0 amide bonds. The molecule has 1 aromatic heterocycles. The van der Waals surface area contributed by atoms with Gasteiger partial charge in [-0.15, -0.1) is 0 Å². The molecule has 0 aromatic carbocycles. The van der Waals surface area contributed by atoms with E-state index in [1.54, 1.807) is 27.4 Å². The lowest BCUT2D eigenvalue weighted by Gasteiger charge is -2.34. The van der Waals surface area contributed by atoms with Crippen LogP contribution < -0.4 is 14.4 Å². The Morgan fingerprint density at radius 3 is 2.10 bits per heavy atom. The summed E-state index contributed by atoms with van der Waals surface area (Å²) in [6, 6.07) is 1.68. The zero-order valence-corrected chi connectivity index (χ0v) is 12.3. The molecule has 2 rings (SSSR count). The van der Waals surface area contributed by atoms with Crippen LogP contribution in [0.4, 0.5) is 5.95 Å². The van der Waals surface area contributed by atoms with Crippen molar-refractivity contribution in [3.8, 4) is 11.8 Å². The van der Waals surface area contributed by atoms with Gasteiger partial charge in [-0.05, 0) is 0 Å². The Balaban J connectivity index is 1.99. The molecule has 1 aliphatic rings. The second-order valence-corrected chi connectivity index (χ2v) is 4.57. The zero-order chi connectivity index (χ0) is 14.4. The number of nitrogens with zero attached hydrogens (tertiary/aromatic N) is 4. The molecular formula is C13H22N4O3. The first-order valence-electron chi connectivity index (χ1n) is 6.70. The Labute approximate surface area is 119 Å². The Morgan fingerprint density at radius 2 is 1.60 bits per heavy atom. The Kier molecular flexibility index (Phi) is 5.37. The monoisotopic (exact) mass is 282 g/mol. The van der Waals surface area contributed by atoms with Crippen LogP contribution in [0, 0.1) is 0 Å². The first-order valence-corrected chi connectivity index (χ1v) is 6.70. The maximum absolute atomic E-state index is 5.18. The van der Waals surface area contributed by atoms with Crippen LogP contribution in [0.25, 0.3) is 0 Å². The third kappa shape index (κ3) is 3.71. The van der Waals surface area contributed by atoms with Gasteiger partial charge in [-0.3, -0.25) is 4.90 Å². The summed E-state index contributed by atoms with van der Waals surface area (Å²) in [7, 11) is 4.91. The molecule has 1 aromatic rings. The lowest BCUT2D eigenvalue weighted by atomic mass is 10.3. The summed E-state index contributed by atoms with van der Waals surface area (Å²) in [6.07, 6.45) is 0. The van der Waals surface area contributed by atoms with Crippen LogP contribution in [0.3, 0.4) is 0 Å². The van der Waals surface area contributed by atoms with Crippen molar-refractivity contribution < 1.29 is 14.2 Å². The van der Waals surface area contributed by atoms with E-state index >= 15 is 0 Å². The van der Waals surface area contributed by atoms with Crippen molar-refractivity contribution in [2.24, 2.45) is 0 Å². The van der Waals surface area contributed by atoms with Gasteiger partial charge in [-0.2, -0.15) is 9.97 Å². The minimum Gasteiger partial charge on any atom is -0.481 e. The standard InChI is InChI=1S/C13H22N4O3/c1-18-9-8-16-4-6-17(7-5-16)13-14-11(19-2)10-12(15-13)20-3/h10H,4-9H2,1-3H3. The van der Waals surface area contributed by atoms with E-state index in [0.29, 0.717) is 17.7 Å². The maximum atomic E-state index is 5.18. The fraction of sp³-hybridized carbons (Fsp3) is 0.692. The average molecular weight is 282 g/mol. The molecule has 7 nitrogen and oxygen atoms in total. The van der Waals surface area contributed by atoms with Gasteiger partial charge in [0.05, 0.1) is 26.9 Å². The summed E-state index contributed by atoms with van der Waals surface area (Å²) in [4.78, 5) is 13.3. The predicted octanol–water partition coefficient (Wildman–Crippen LogP) is 0.262. The minimum absolute atomic E-state index is 0.522. The smallest absolute Gasteiger partial charge is 0.232 e. The molecule has 2 heterocycles. The summed E-state index contributed by atoms with van der Waals surface area (Å²) in [5.74, 6) is 1.70. The number of anilines is 1. The molecule has 7 heteroatoms. The fourth-order valence-electron chi connectivity index (χ4n) is 2.13. The highest BCUT2D eigenvalue weighted by Gasteiger charge is 2.20. The maximum Gasteiger partial charge on any atom is 0.232 e. The van der Waals surface area contributed by atoms with Crippen molar-refractivity contribution in [1.29, 1.82) is 0 Å². The predicted molar refractivity (Wildman–Crippen MR) is 75.7 cm³/mol. The normalized spacial score (nSPS) is 16.2. The molecule has 1 saturated heterocycles. The van der Waals surface area contributed by atoms with Gasteiger partial charge in [0.2, 0.25) is 17.7 Å². The van der Waals surface area contributed by atoms with E-state index in [9.17, 15) is 0 Å². The fourth-order valence-corrected chi connectivity index (χ4v) is 2.13. The second-order valence-electron chi connectivity index (χ2n) is 4.57. The number of ether oxygens (including phenoxy) is 3. The molecule has 0 atom stereocenters. The van der Waals surface area contributed by atoms with Crippen LogP contribution in [-0.4, -0.2) is 75.5 Å². The van der Waals surface area contributed by atoms with Gasteiger partial charge in [0, 0.05) is 39.8 Å². The summed E-state index contributed by atoms with van der Waals surface area (Å²) in [5, 5.41) is 0. The molecule has 0 saturated carbocycles. The van der Waals surface area contributed by atoms with Crippen molar-refractivity contribution in [3.63, 3.8) is 0 Å². The second kappa shape index (κ2) is 7.25. The highest BCUT2D eigenvalue weighted by Crippen LogP contribution is 2.20. The molecule has 0 unspecified atom stereocenters. The van der Waals surface area contributed by atoms with Gasteiger partial charge >= 0.3 is 0 Å². The number of rotatable bonds is 6. The highest BCUT2D eigenvalue weighted by atomic mass is 16.5. The molecule has 0 N–H and O–H groups in total. The van der Waals surface area contributed by atoms with Crippen LogP contribution in [-0.2, 0) is 4.74 Å². The quantitative estimate of drug-likeness (QED) is 0.742. The van der Waals surface area contributed by atoms with Gasteiger partial charge in [-0.25, -0.2) is 0 Å². The Hall–Kier alpha value is -1.60. The number of methoxy groups -OCH3 is 3. The first-order chi connectivity index (χ1) is 9.76. The first kappa shape index (κ1) is 14.8. The molecule has 0 aliphatic carbocycles. The van der Waals surface area contributed by atoms with Gasteiger partial charge in [0.15, 0.2) is 0 Å². The van der Waals surface area contributed by atoms with Gasteiger partial charge in [0.1, 0.15) is 0 Å². The average Bonchev–Trinajstić information content (AvgIpc) is 2.52. The van der Waals surface area contributed by atoms with E-state index in [1.165, 1.54) is 0 Å². The zero-order valence-electron chi connectivity index (χ0n) is 12.3. The number of aromatic nitrogens is 2. The largest absolute Gasteiger partial charge is 0.481 e. The topological polar surface area (TPSA) is 60.0 Å². The Morgan fingerprint density at radius 1 is 1.00 bits per heavy atom. The van der Waals surface area contributed by atoms with E-state index < -0.39 is 0 Å². The number of piperazine rings is 1. The minimum atomic E-state index is 0.522. The SMILES string of the molecule is COCCN1CCN(c2nc(OC)cc(OC)n2)CC1. The summed E-state index contributed by atoms with van der Waals surface area (Å²) < 4.78 is 15.5. The van der Waals surface area contributed by atoms with Crippen LogP contribution in [0.5, 0.6) is 11.8 Å². The summed E-state index contributed by atoms with van der Waals surface area (Å²) >= 11 is 0. The molecule has 0 bridgehead atoms. The van der Waals surface area contributed by atoms with Crippen LogP contribution in [0.2, 0.25) is 0 Å². The third-order valence-corrected chi connectivity index (χ3v) is 3.35. The van der Waals surface area contributed by atoms with Gasteiger partial charge < -0.3 is 19.1 Å². The lowest BCUT2D eigenvalue weighted by Crippen LogP contribution is -2.47. The van der Waals surface area contributed by atoms with Gasteiger partial charge in [-0.1, -0.05) is 0 Å². The van der Waals surface area contributed by atoms with Crippen LogP contribution in [0.15, 0.2) is 6.07 Å². The third-order valence-electron chi connectivity index (χ3n) is 3.35. The van der Waals surface area contributed by atoms with Crippen molar-refractivity contribution in [3.05, 3.63) is 6.07 Å². The van der Waals surface area contributed by atoms with Crippen LogP contribution >= 0.6 is 0 Å². The summed E-state index contributed by atoms with van der Waals surface area (Å²) in [5.41, 5.74) is 0. The van der Waals surface area contributed by atoms with Crippen molar-refractivity contribution in [2.45, 2.75) is 0 Å². The molecule has 0 spiro atoms. The molecule has 20 heavy (non-hydrogen) atoms. The lowest BCUT2D eigenvalue weighted by molar-refractivity contribution is 0.143. The summed E-state index contributed by atoms with van der Waals surface area (Å²) in [6.45, 7) is 5.47. The molecule has 0 radical (unpaired) electrons. The highest BCUT2D eigenvalue weighted by molar-refractivity contribution is 5.37.